The number of nitrogens with one attached hydrogen (secondary N) is 2. The molecule has 1 aromatic heterocycles. The van der Waals surface area contributed by atoms with Crippen LogP contribution >= 0.6 is 0 Å². The minimum Gasteiger partial charge on any atom is -0.390 e. The fourth-order valence-electron chi connectivity index (χ4n) is 6.82. The Kier molecular flexibility index (Phi) is 9.54. The van der Waals surface area contributed by atoms with E-state index in [1.165, 1.54) is 37.2 Å². The average Bonchev–Trinajstić information content (AvgIpc) is 2.99. The number of benzene rings is 1. The summed E-state index contributed by atoms with van der Waals surface area (Å²) in [7, 11) is 2.21. The minimum absolute atomic E-state index is 0.147. The van der Waals surface area contributed by atoms with Crippen LogP contribution in [0.4, 0.5) is 23.0 Å². The lowest BCUT2D eigenvalue weighted by Gasteiger charge is -2.43. The Morgan fingerprint density at radius 1 is 1.02 bits per heavy atom. The Morgan fingerprint density at radius 2 is 1.71 bits per heavy atom. The maximum atomic E-state index is 12.4. The van der Waals surface area contributed by atoms with Crippen LogP contribution in [0.15, 0.2) is 18.2 Å². The van der Waals surface area contributed by atoms with Crippen molar-refractivity contribution in [3.63, 3.8) is 0 Å². The maximum absolute atomic E-state index is 12.4. The van der Waals surface area contributed by atoms with E-state index >= 15 is 0 Å². The molecule has 10 nitrogen and oxygen atoms in total. The molecule has 3 aliphatic rings. The molecule has 42 heavy (non-hydrogen) atoms. The van der Waals surface area contributed by atoms with Crippen molar-refractivity contribution in [2.75, 3.05) is 61.8 Å². The van der Waals surface area contributed by atoms with E-state index in [9.17, 15) is 9.90 Å². The molecule has 2 saturated heterocycles. The third-order valence-corrected chi connectivity index (χ3v) is 9.77. The highest BCUT2D eigenvalue weighted by Gasteiger charge is 2.32. The molecule has 0 spiro atoms. The Bertz CT molecular complexity index is 1230. The van der Waals surface area contributed by atoms with Gasteiger partial charge in [-0.2, -0.15) is 0 Å². The van der Waals surface area contributed by atoms with Crippen LogP contribution < -0.4 is 21.3 Å². The number of nitrogens with zero attached hydrogens (tertiary/aromatic N) is 5. The summed E-state index contributed by atoms with van der Waals surface area (Å²) in [5, 5.41) is 17.5. The Morgan fingerprint density at radius 3 is 2.31 bits per heavy atom. The van der Waals surface area contributed by atoms with Crippen molar-refractivity contribution in [1.29, 1.82) is 0 Å². The van der Waals surface area contributed by atoms with Crippen LogP contribution in [-0.4, -0.2) is 94.8 Å². The van der Waals surface area contributed by atoms with E-state index in [0.29, 0.717) is 24.1 Å². The zero-order chi connectivity index (χ0) is 29.9. The number of carbonyl (C=O) groups is 1. The molecule has 10 heteroatoms. The molecule has 5 rings (SSSR count). The predicted molar refractivity (Wildman–Crippen MR) is 170 cm³/mol. The summed E-state index contributed by atoms with van der Waals surface area (Å²) in [5.41, 5.74) is 9.34. The summed E-state index contributed by atoms with van der Waals surface area (Å²) in [6.07, 6.45) is 7.04. The van der Waals surface area contributed by atoms with E-state index in [-0.39, 0.29) is 11.7 Å². The Hall–Kier alpha value is -2.95. The quantitative estimate of drug-likeness (QED) is 0.351. The highest BCUT2D eigenvalue weighted by atomic mass is 16.3. The van der Waals surface area contributed by atoms with Crippen LogP contribution in [-0.2, 0) is 6.42 Å². The number of aliphatic hydroxyl groups is 1. The Labute approximate surface area is 251 Å². The molecule has 1 amide bonds. The van der Waals surface area contributed by atoms with Gasteiger partial charge in [-0.15, -0.1) is 0 Å². The van der Waals surface area contributed by atoms with Crippen molar-refractivity contribution in [3.8, 4) is 0 Å². The van der Waals surface area contributed by atoms with Crippen LogP contribution in [0.3, 0.4) is 0 Å². The summed E-state index contributed by atoms with van der Waals surface area (Å²) in [5.74, 6) is 0.435. The lowest BCUT2D eigenvalue weighted by molar-refractivity contribution is -0.00196. The van der Waals surface area contributed by atoms with Crippen molar-refractivity contribution in [2.24, 2.45) is 5.73 Å². The molecule has 0 radical (unpaired) electrons. The summed E-state index contributed by atoms with van der Waals surface area (Å²) in [6.45, 7) is 13.0. The Balaban J connectivity index is 1.27. The van der Waals surface area contributed by atoms with Gasteiger partial charge in [-0.25, -0.2) is 9.97 Å². The van der Waals surface area contributed by atoms with Gasteiger partial charge in [0.15, 0.2) is 11.5 Å². The van der Waals surface area contributed by atoms with Gasteiger partial charge >= 0.3 is 0 Å². The molecule has 1 aromatic carbocycles. The van der Waals surface area contributed by atoms with Crippen molar-refractivity contribution < 1.29 is 9.90 Å². The third kappa shape index (κ3) is 6.98. The fraction of sp³-hybridized carbons (Fsp3) is 0.656. The molecular weight excluding hydrogens is 528 g/mol. The highest BCUT2D eigenvalue weighted by molar-refractivity contribution is 5.96. The molecule has 2 aromatic rings. The van der Waals surface area contributed by atoms with Crippen LogP contribution in [0.2, 0.25) is 0 Å². The summed E-state index contributed by atoms with van der Waals surface area (Å²) in [4.78, 5) is 29.5. The zero-order valence-electron chi connectivity index (χ0n) is 26.0. The summed E-state index contributed by atoms with van der Waals surface area (Å²) < 4.78 is 0. The average molecular weight is 579 g/mol. The summed E-state index contributed by atoms with van der Waals surface area (Å²) >= 11 is 0. The molecule has 230 valence electrons. The fourth-order valence-corrected chi connectivity index (χ4v) is 6.82. The number of amides is 1. The molecular formula is C32H50N8O2. The third-order valence-electron chi connectivity index (χ3n) is 9.77. The molecule has 0 bridgehead atoms. The van der Waals surface area contributed by atoms with Gasteiger partial charge in [-0.1, -0.05) is 13.8 Å². The number of carbonyl (C=O) groups excluding carboxylic acids is 1. The first-order valence-electron chi connectivity index (χ1n) is 15.9. The van der Waals surface area contributed by atoms with Crippen molar-refractivity contribution in [2.45, 2.75) is 89.8 Å². The first-order chi connectivity index (χ1) is 20.2. The molecule has 2 aliphatic heterocycles. The van der Waals surface area contributed by atoms with E-state index in [1.807, 2.05) is 13.8 Å². The van der Waals surface area contributed by atoms with E-state index in [2.05, 4.69) is 62.5 Å². The van der Waals surface area contributed by atoms with Crippen LogP contribution in [0.1, 0.15) is 80.5 Å². The molecule has 0 atom stereocenters. The molecule has 1 aliphatic carbocycles. The van der Waals surface area contributed by atoms with E-state index in [4.69, 9.17) is 10.7 Å². The van der Waals surface area contributed by atoms with E-state index in [1.54, 1.807) is 0 Å². The van der Waals surface area contributed by atoms with Gasteiger partial charge in [0.05, 0.1) is 11.3 Å². The number of likely N-dealkylation sites (N-methyl/N-ethyl adjacent to an activating group) is 1. The normalized spacial score (nSPS) is 24.5. The van der Waals surface area contributed by atoms with Gasteiger partial charge in [0, 0.05) is 62.7 Å². The van der Waals surface area contributed by atoms with Gasteiger partial charge in [-0.3, -0.25) is 9.69 Å². The molecule has 3 heterocycles. The number of aromatic nitrogens is 2. The lowest BCUT2D eigenvalue weighted by atomic mass is 9.80. The summed E-state index contributed by atoms with van der Waals surface area (Å²) in [6, 6.07) is 7.21. The van der Waals surface area contributed by atoms with E-state index in [0.717, 1.165) is 69.7 Å². The number of aryl methyl sites for hydroxylation is 2. The number of primary amides is 1. The minimum atomic E-state index is -0.603. The second kappa shape index (κ2) is 13.1. The first-order valence-corrected chi connectivity index (χ1v) is 15.9. The number of nitrogens with two attached hydrogens (primary N) is 1. The monoisotopic (exact) mass is 578 g/mol. The number of piperidine rings is 1. The van der Waals surface area contributed by atoms with Gasteiger partial charge < -0.3 is 31.3 Å². The number of piperazine rings is 1. The van der Waals surface area contributed by atoms with Crippen LogP contribution in [0.5, 0.6) is 0 Å². The lowest BCUT2D eigenvalue weighted by Crippen LogP contribution is -2.52. The topological polar surface area (TPSA) is 123 Å². The first kappa shape index (κ1) is 30.5. The largest absolute Gasteiger partial charge is 0.390 e. The number of anilines is 4. The van der Waals surface area contributed by atoms with Gasteiger partial charge in [-0.05, 0) is 89.1 Å². The van der Waals surface area contributed by atoms with Gasteiger partial charge in [0.2, 0.25) is 0 Å². The highest BCUT2D eigenvalue weighted by Crippen LogP contribution is 2.34. The van der Waals surface area contributed by atoms with Crippen LogP contribution in [0, 0.1) is 6.92 Å². The predicted octanol–water partition coefficient (Wildman–Crippen LogP) is 3.90. The molecule has 5 N–H and O–H groups in total. The molecule has 0 unspecified atom stereocenters. The van der Waals surface area contributed by atoms with Crippen LogP contribution in [0.25, 0.3) is 0 Å². The van der Waals surface area contributed by atoms with E-state index < -0.39 is 11.5 Å². The maximum Gasteiger partial charge on any atom is 0.271 e. The second-order valence-electron chi connectivity index (χ2n) is 12.6. The standard InChI is InChI=1S/C32H50N8O2/c1-5-26-30(34-23-9-13-32(42,6-2)14-10-23)37-31(28(36-26)29(33)41)35-24-7-8-27(22(3)21-24)40-15-11-25(12-16-40)39-19-17-38(4)18-20-39/h7-8,21,23,25,42H,5-6,9-20H2,1-4H3,(H2,33,41)(H2,34,35,37)/t23-,32-. The second-order valence-corrected chi connectivity index (χ2v) is 12.6. The number of rotatable bonds is 9. The molecule has 1 saturated carbocycles. The number of hydrogen-bond donors (Lipinski definition) is 4. The van der Waals surface area contributed by atoms with Crippen molar-refractivity contribution in [3.05, 3.63) is 35.2 Å². The smallest absolute Gasteiger partial charge is 0.271 e. The molecule has 3 fully saturated rings. The zero-order valence-corrected chi connectivity index (χ0v) is 26.0. The van der Waals surface area contributed by atoms with Gasteiger partial charge in [0.25, 0.3) is 5.91 Å². The SMILES string of the molecule is CCc1nc(C(N)=O)c(Nc2ccc(N3CCC(N4CCN(C)CC4)CC3)c(C)c2)nc1N[C@H]1CC[C@@](O)(CC)CC1. The van der Waals surface area contributed by atoms with Crippen molar-refractivity contribution >= 4 is 28.9 Å². The number of hydrogen-bond acceptors (Lipinski definition) is 9. The van der Waals surface area contributed by atoms with Gasteiger partial charge in [0.1, 0.15) is 5.82 Å². The van der Waals surface area contributed by atoms with Crippen molar-refractivity contribution in [1.82, 2.24) is 19.8 Å².